The average Bonchev–Trinajstić information content (AvgIpc) is 3.46. The molecular formula is C24H28N4O4S. The third kappa shape index (κ3) is 6.00. The van der Waals surface area contributed by atoms with E-state index in [4.69, 9.17) is 9.15 Å². The lowest BCUT2D eigenvalue weighted by Crippen LogP contribution is -2.49. The minimum Gasteiger partial charge on any atom is -0.497 e. The predicted molar refractivity (Wildman–Crippen MR) is 127 cm³/mol. The van der Waals surface area contributed by atoms with E-state index in [0.717, 1.165) is 44.9 Å². The van der Waals surface area contributed by atoms with E-state index in [-0.39, 0.29) is 18.2 Å². The van der Waals surface area contributed by atoms with Crippen LogP contribution in [-0.4, -0.2) is 66.4 Å². The maximum Gasteiger partial charge on any atom is 0.260 e. The van der Waals surface area contributed by atoms with Crippen LogP contribution in [0.3, 0.4) is 0 Å². The van der Waals surface area contributed by atoms with Crippen LogP contribution in [0.4, 0.5) is 5.13 Å². The van der Waals surface area contributed by atoms with Gasteiger partial charge in [0.25, 0.3) is 5.91 Å². The average molecular weight is 469 g/mol. The summed E-state index contributed by atoms with van der Waals surface area (Å²) >= 11 is 1.32. The Morgan fingerprint density at radius 3 is 2.58 bits per heavy atom. The molecule has 1 saturated heterocycles. The Balaban J connectivity index is 1.21. The molecule has 1 aliphatic rings. The largest absolute Gasteiger partial charge is 0.497 e. The number of rotatable bonds is 8. The van der Waals surface area contributed by atoms with Crippen LogP contribution >= 0.6 is 11.3 Å². The van der Waals surface area contributed by atoms with Crippen molar-refractivity contribution in [1.82, 2.24) is 14.8 Å². The van der Waals surface area contributed by atoms with Crippen LogP contribution < -0.4 is 10.1 Å². The first kappa shape index (κ1) is 23.0. The van der Waals surface area contributed by atoms with Crippen LogP contribution in [0.2, 0.25) is 0 Å². The number of carbonyl (C=O) groups is 2. The Bertz CT molecular complexity index is 1080. The Morgan fingerprint density at radius 2 is 1.91 bits per heavy atom. The predicted octanol–water partition coefficient (Wildman–Crippen LogP) is 3.23. The van der Waals surface area contributed by atoms with E-state index in [2.05, 4.69) is 27.3 Å². The second-order valence-corrected chi connectivity index (χ2v) is 8.84. The van der Waals surface area contributed by atoms with Gasteiger partial charge in [-0.05, 0) is 37.1 Å². The van der Waals surface area contributed by atoms with Crippen molar-refractivity contribution in [3.05, 3.63) is 64.6 Å². The van der Waals surface area contributed by atoms with E-state index < -0.39 is 0 Å². The first-order chi connectivity index (χ1) is 16.0. The van der Waals surface area contributed by atoms with E-state index in [9.17, 15) is 9.59 Å². The van der Waals surface area contributed by atoms with Crippen LogP contribution in [0.5, 0.6) is 5.75 Å². The molecule has 1 aromatic carbocycles. The molecule has 2 amide bonds. The summed E-state index contributed by atoms with van der Waals surface area (Å²) in [7, 11) is 1.67. The summed E-state index contributed by atoms with van der Waals surface area (Å²) in [5.74, 6) is 1.23. The van der Waals surface area contributed by atoms with Crippen molar-refractivity contribution in [2.45, 2.75) is 19.8 Å². The number of aromatic nitrogens is 1. The van der Waals surface area contributed by atoms with Crippen LogP contribution in [-0.2, 0) is 17.6 Å². The summed E-state index contributed by atoms with van der Waals surface area (Å²) in [5, 5.41) is 5.07. The van der Waals surface area contributed by atoms with Crippen molar-refractivity contribution < 1.29 is 18.7 Å². The highest BCUT2D eigenvalue weighted by molar-refractivity contribution is 7.14. The summed E-state index contributed by atoms with van der Waals surface area (Å²) in [6, 6.07) is 9.79. The standard InChI is InChI=1S/C24H28N4O4S/c1-17-21(8-14-32-17)23(30)26-24-25-19(16-33-24)15-22(29)28-12-10-27(11-13-28)9-7-18-3-5-20(31-2)6-4-18/h3-6,8,14,16H,7,9-13,15H2,1-2H3,(H,25,26,30). The SMILES string of the molecule is COc1ccc(CCN2CCN(C(=O)Cc3csc(NC(=O)c4ccoc4C)n3)CC2)cc1. The lowest BCUT2D eigenvalue weighted by Gasteiger charge is -2.34. The number of aryl methyl sites for hydroxylation is 1. The summed E-state index contributed by atoms with van der Waals surface area (Å²) in [6.07, 6.45) is 2.70. The molecule has 3 heterocycles. The van der Waals surface area contributed by atoms with Gasteiger partial charge >= 0.3 is 0 Å². The summed E-state index contributed by atoms with van der Waals surface area (Å²) < 4.78 is 10.4. The van der Waals surface area contributed by atoms with Crippen molar-refractivity contribution in [3.8, 4) is 5.75 Å². The topological polar surface area (TPSA) is 87.9 Å². The van der Waals surface area contributed by atoms with Gasteiger partial charge in [0.1, 0.15) is 11.5 Å². The molecule has 2 aromatic heterocycles. The molecular weight excluding hydrogens is 440 g/mol. The number of furan rings is 1. The summed E-state index contributed by atoms with van der Waals surface area (Å²) in [5.41, 5.74) is 2.43. The number of thiazole rings is 1. The van der Waals surface area contributed by atoms with Crippen molar-refractivity contribution in [1.29, 1.82) is 0 Å². The van der Waals surface area contributed by atoms with Crippen LogP contribution in [0.15, 0.2) is 46.4 Å². The molecule has 33 heavy (non-hydrogen) atoms. The van der Waals surface area contributed by atoms with E-state index in [1.54, 1.807) is 20.1 Å². The van der Waals surface area contributed by atoms with Gasteiger partial charge in [0, 0.05) is 38.1 Å². The van der Waals surface area contributed by atoms with Gasteiger partial charge in [0.2, 0.25) is 5.91 Å². The molecule has 0 saturated carbocycles. The van der Waals surface area contributed by atoms with E-state index in [0.29, 0.717) is 22.1 Å². The number of nitrogens with one attached hydrogen (secondary N) is 1. The normalized spacial score (nSPS) is 14.3. The number of piperazine rings is 1. The summed E-state index contributed by atoms with van der Waals surface area (Å²) in [6.45, 7) is 5.87. The fourth-order valence-electron chi connectivity index (χ4n) is 3.80. The first-order valence-corrected chi connectivity index (χ1v) is 11.8. The Morgan fingerprint density at radius 1 is 1.15 bits per heavy atom. The van der Waals surface area contributed by atoms with Crippen molar-refractivity contribution in [2.75, 3.05) is 45.2 Å². The van der Waals surface area contributed by atoms with Gasteiger partial charge in [0.15, 0.2) is 5.13 Å². The van der Waals surface area contributed by atoms with Gasteiger partial charge in [-0.3, -0.25) is 19.8 Å². The highest BCUT2D eigenvalue weighted by Crippen LogP contribution is 2.19. The van der Waals surface area contributed by atoms with Gasteiger partial charge in [-0.25, -0.2) is 4.98 Å². The third-order valence-electron chi connectivity index (χ3n) is 5.81. The summed E-state index contributed by atoms with van der Waals surface area (Å²) in [4.78, 5) is 33.7. The smallest absolute Gasteiger partial charge is 0.260 e. The lowest BCUT2D eigenvalue weighted by atomic mass is 10.1. The highest BCUT2D eigenvalue weighted by Gasteiger charge is 2.22. The molecule has 0 spiro atoms. The van der Waals surface area contributed by atoms with Gasteiger partial charge in [0.05, 0.1) is 31.1 Å². The van der Waals surface area contributed by atoms with Crippen LogP contribution in [0, 0.1) is 6.92 Å². The molecule has 0 aliphatic carbocycles. The number of methoxy groups -OCH3 is 1. The zero-order chi connectivity index (χ0) is 23.2. The molecule has 0 bridgehead atoms. The molecule has 9 heteroatoms. The molecule has 1 fully saturated rings. The maximum absolute atomic E-state index is 12.7. The molecule has 1 N–H and O–H groups in total. The zero-order valence-electron chi connectivity index (χ0n) is 18.9. The number of hydrogen-bond donors (Lipinski definition) is 1. The van der Waals surface area contributed by atoms with Crippen molar-refractivity contribution >= 4 is 28.3 Å². The number of hydrogen-bond acceptors (Lipinski definition) is 7. The van der Waals surface area contributed by atoms with E-state index in [1.807, 2.05) is 22.4 Å². The molecule has 8 nitrogen and oxygen atoms in total. The van der Waals surface area contributed by atoms with Crippen molar-refractivity contribution in [2.24, 2.45) is 0 Å². The second-order valence-electron chi connectivity index (χ2n) is 7.99. The van der Waals surface area contributed by atoms with E-state index >= 15 is 0 Å². The number of benzene rings is 1. The second kappa shape index (κ2) is 10.6. The van der Waals surface area contributed by atoms with Gasteiger partial charge in [-0.15, -0.1) is 11.3 Å². The maximum atomic E-state index is 12.7. The zero-order valence-corrected chi connectivity index (χ0v) is 19.7. The molecule has 1 aliphatic heterocycles. The molecule has 3 aromatic rings. The quantitative estimate of drug-likeness (QED) is 0.546. The third-order valence-corrected chi connectivity index (χ3v) is 6.62. The number of carbonyl (C=O) groups excluding carboxylic acids is 2. The minimum absolute atomic E-state index is 0.0682. The highest BCUT2D eigenvalue weighted by atomic mass is 32.1. The van der Waals surface area contributed by atoms with Gasteiger partial charge < -0.3 is 14.1 Å². The first-order valence-electron chi connectivity index (χ1n) is 10.9. The molecule has 174 valence electrons. The number of nitrogens with zero attached hydrogens (tertiary/aromatic N) is 3. The monoisotopic (exact) mass is 468 g/mol. The van der Waals surface area contributed by atoms with Gasteiger partial charge in [-0.2, -0.15) is 0 Å². The fourth-order valence-corrected chi connectivity index (χ4v) is 4.50. The Kier molecular flexibility index (Phi) is 7.41. The fraction of sp³-hybridized carbons (Fsp3) is 0.375. The van der Waals surface area contributed by atoms with Crippen LogP contribution in [0.1, 0.15) is 27.4 Å². The van der Waals surface area contributed by atoms with E-state index in [1.165, 1.54) is 23.2 Å². The van der Waals surface area contributed by atoms with Crippen molar-refractivity contribution in [3.63, 3.8) is 0 Å². The minimum atomic E-state index is -0.265. The lowest BCUT2D eigenvalue weighted by molar-refractivity contribution is -0.132. The number of ether oxygens (including phenoxy) is 1. The Labute approximate surface area is 197 Å². The molecule has 0 unspecified atom stereocenters. The molecule has 4 rings (SSSR count). The van der Waals surface area contributed by atoms with Crippen LogP contribution in [0.25, 0.3) is 0 Å². The Hall–Kier alpha value is -3.17. The molecule has 0 atom stereocenters. The number of amides is 2. The molecule has 0 radical (unpaired) electrons. The van der Waals surface area contributed by atoms with Gasteiger partial charge in [-0.1, -0.05) is 12.1 Å². The number of anilines is 1.